The topological polar surface area (TPSA) is 77.1 Å². The molecule has 0 saturated carbocycles. The first-order valence-corrected chi connectivity index (χ1v) is 9.75. The Morgan fingerprint density at radius 3 is 2.20 bits per heavy atom. The van der Waals surface area contributed by atoms with Crippen molar-refractivity contribution >= 4 is 12.0 Å². The summed E-state index contributed by atoms with van der Waals surface area (Å²) < 4.78 is 11.1. The van der Waals surface area contributed by atoms with E-state index in [-0.39, 0.29) is 12.3 Å². The van der Waals surface area contributed by atoms with Gasteiger partial charge < -0.3 is 14.8 Å². The van der Waals surface area contributed by atoms with Crippen LogP contribution in [0.1, 0.15) is 31.9 Å². The second-order valence-corrected chi connectivity index (χ2v) is 7.84. The highest BCUT2D eigenvalue weighted by molar-refractivity contribution is 5.85. The summed E-state index contributed by atoms with van der Waals surface area (Å²) in [6, 6.07) is 16.5. The van der Waals surface area contributed by atoms with E-state index in [1.807, 2.05) is 54.6 Å². The third kappa shape index (κ3) is 7.75. The van der Waals surface area contributed by atoms with Crippen molar-refractivity contribution in [3.05, 3.63) is 65.7 Å². The second-order valence-electron chi connectivity index (χ2n) is 7.84. The van der Waals surface area contributed by atoms with Crippen LogP contribution in [0.5, 0.6) is 5.75 Å². The van der Waals surface area contributed by atoms with Crippen molar-refractivity contribution in [3.8, 4) is 5.75 Å². The van der Waals surface area contributed by atoms with E-state index in [4.69, 9.17) is 14.3 Å². The summed E-state index contributed by atoms with van der Waals surface area (Å²) in [5.74, 6) is 0.340. The number of benzene rings is 2. The average molecular weight is 415 g/mol. The molecule has 0 saturated heterocycles. The maximum Gasteiger partial charge on any atom is 0.408 e. The molecule has 0 unspecified atom stereocenters. The fourth-order valence-electron chi connectivity index (χ4n) is 2.66. The van der Waals surface area contributed by atoms with Gasteiger partial charge in [-0.15, -0.1) is 0 Å². The van der Waals surface area contributed by atoms with Crippen molar-refractivity contribution in [1.82, 2.24) is 10.4 Å². The van der Waals surface area contributed by atoms with Gasteiger partial charge in [0.15, 0.2) is 0 Å². The van der Waals surface area contributed by atoms with Crippen LogP contribution < -0.4 is 10.1 Å². The molecule has 2 aromatic rings. The Hall–Kier alpha value is -3.06. The molecule has 0 aliphatic carbocycles. The normalized spacial score (nSPS) is 12.0. The lowest BCUT2D eigenvalue weighted by atomic mass is 10.1. The van der Waals surface area contributed by atoms with Crippen molar-refractivity contribution in [1.29, 1.82) is 0 Å². The van der Waals surface area contributed by atoms with Crippen molar-refractivity contribution in [3.63, 3.8) is 0 Å². The van der Waals surface area contributed by atoms with Gasteiger partial charge in [0.25, 0.3) is 5.91 Å². The number of carbonyl (C=O) groups excluding carboxylic acids is 2. The van der Waals surface area contributed by atoms with E-state index in [9.17, 15) is 9.59 Å². The highest BCUT2D eigenvalue weighted by Gasteiger charge is 2.27. The maximum atomic E-state index is 12.6. The first-order chi connectivity index (χ1) is 14.2. The van der Waals surface area contributed by atoms with Gasteiger partial charge in [-0.25, -0.2) is 9.86 Å². The summed E-state index contributed by atoms with van der Waals surface area (Å²) in [5.41, 5.74) is 1.28. The van der Waals surface area contributed by atoms with Crippen molar-refractivity contribution < 1.29 is 23.9 Å². The molecular weight excluding hydrogens is 384 g/mol. The van der Waals surface area contributed by atoms with E-state index in [2.05, 4.69) is 5.32 Å². The second kappa shape index (κ2) is 10.6. The maximum absolute atomic E-state index is 12.6. The van der Waals surface area contributed by atoms with Crippen molar-refractivity contribution in [2.45, 2.75) is 45.4 Å². The minimum Gasteiger partial charge on any atom is -0.489 e. The number of nitrogens with one attached hydrogen (secondary N) is 1. The molecule has 1 atom stereocenters. The number of hydrogen-bond acceptors (Lipinski definition) is 5. The number of ether oxygens (including phenoxy) is 2. The number of rotatable bonds is 8. The van der Waals surface area contributed by atoms with Crippen LogP contribution >= 0.6 is 0 Å². The molecule has 0 spiro atoms. The molecule has 0 aliphatic rings. The van der Waals surface area contributed by atoms with E-state index >= 15 is 0 Å². The van der Waals surface area contributed by atoms with Crippen LogP contribution in [0.15, 0.2) is 54.6 Å². The number of likely N-dealkylation sites (N-methyl/N-ethyl adjacent to an activating group) is 1. The fraction of sp³-hybridized carbons (Fsp3) is 0.391. The Kier molecular flexibility index (Phi) is 8.24. The number of nitrogens with zero attached hydrogens (tertiary/aromatic N) is 1. The van der Waals surface area contributed by atoms with Gasteiger partial charge >= 0.3 is 6.09 Å². The Morgan fingerprint density at radius 1 is 1.00 bits per heavy atom. The number of carbonyl (C=O) groups is 2. The molecule has 0 bridgehead atoms. The molecule has 0 radical (unpaired) electrons. The van der Waals surface area contributed by atoms with Crippen LogP contribution in [0.2, 0.25) is 0 Å². The molecule has 7 nitrogen and oxygen atoms in total. The van der Waals surface area contributed by atoms with Gasteiger partial charge in [0.2, 0.25) is 0 Å². The number of amides is 2. The smallest absolute Gasteiger partial charge is 0.408 e. The Morgan fingerprint density at radius 2 is 1.63 bits per heavy atom. The van der Waals surface area contributed by atoms with Gasteiger partial charge in [-0.2, -0.15) is 0 Å². The van der Waals surface area contributed by atoms with E-state index in [0.717, 1.165) is 21.9 Å². The Bertz CT molecular complexity index is 816. The quantitative estimate of drug-likeness (QED) is 0.666. The highest BCUT2D eigenvalue weighted by atomic mass is 16.7. The summed E-state index contributed by atoms with van der Waals surface area (Å²) in [5, 5.41) is 3.72. The summed E-state index contributed by atoms with van der Waals surface area (Å²) in [6.07, 6.45) is -0.377. The van der Waals surface area contributed by atoms with Gasteiger partial charge in [0.05, 0.1) is 7.11 Å². The van der Waals surface area contributed by atoms with Gasteiger partial charge in [-0.1, -0.05) is 42.5 Å². The summed E-state index contributed by atoms with van der Waals surface area (Å²) in [7, 11) is 2.88. The highest BCUT2D eigenvalue weighted by Crippen LogP contribution is 2.16. The molecule has 30 heavy (non-hydrogen) atoms. The zero-order valence-corrected chi connectivity index (χ0v) is 18.2. The van der Waals surface area contributed by atoms with Crippen LogP contribution in [0.3, 0.4) is 0 Å². The lowest BCUT2D eigenvalue weighted by Crippen LogP contribution is -2.49. The van der Waals surface area contributed by atoms with Crippen LogP contribution in [0, 0.1) is 0 Å². The van der Waals surface area contributed by atoms with E-state index in [1.165, 1.54) is 14.2 Å². The van der Waals surface area contributed by atoms with Crippen molar-refractivity contribution in [2.75, 3.05) is 14.2 Å². The van der Waals surface area contributed by atoms with Crippen LogP contribution in [0.25, 0.3) is 0 Å². The zero-order valence-electron chi connectivity index (χ0n) is 18.2. The molecule has 7 heteroatoms. The molecule has 162 valence electrons. The minimum absolute atomic E-state index is 0.282. The fourth-order valence-corrected chi connectivity index (χ4v) is 2.66. The third-order valence-electron chi connectivity index (χ3n) is 4.18. The van der Waals surface area contributed by atoms with Crippen LogP contribution in [-0.4, -0.2) is 42.9 Å². The van der Waals surface area contributed by atoms with Crippen molar-refractivity contribution in [2.24, 2.45) is 0 Å². The summed E-state index contributed by atoms with van der Waals surface area (Å²) in [4.78, 5) is 29.8. The standard InChI is InChI=1S/C23H30N2O5/c1-23(2,3)30-22(27)24-20(21(26)25(4)28-5)15-17-11-13-19(14-12-17)29-16-18-9-7-6-8-10-18/h6-14,20H,15-16H2,1-5H3,(H,24,27)/t20-/m0/s1. The predicted octanol–water partition coefficient (Wildman–Crippen LogP) is 3.72. The van der Waals surface area contributed by atoms with Gasteiger partial charge in [0.1, 0.15) is 24.0 Å². The van der Waals surface area contributed by atoms with Crippen LogP contribution in [-0.2, 0) is 27.4 Å². The molecule has 1 N–H and O–H groups in total. The molecular formula is C23H30N2O5. The van der Waals surface area contributed by atoms with Gasteiger partial charge in [0, 0.05) is 13.5 Å². The number of hydrogen-bond donors (Lipinski definition) is 1. The molecule has 0 aliphatic heterocycles. The van der Waals surface area contributed by atoms with Gasteiger partial charge in [-0.05, 0) is 44.0 Å². The lowest BCUT2D eigenvalue weighted by Gasteiger charge is -2.25. The predicted molar refractivity (Wildman–Crippen MR) is 114 cm³/mol. The number of alkyl carbamates (subject to hydrolysis) is 1. The Labute approximate surface area is 177 Å². The monoisotopic (exact) mass is 414 g/mol. The first kappa shape index (κ1) is 23.2. The average Bonchev–Trinajstić information content (AvgIpc) is 2.71. The molecule has 0 heterocycles. The summed E-state index contributed by atoms with van der Waals surface area (Å²) in [6.45, 7) is 5.76. The SMILES string of the molecule is CON(C)C(=O)[C@H](Cc1ccc(OCc2ccccc2)cc1)NC(=O)OC(C)(C)C. The molecule has 0 fully saturated rings. The minimum atomic E-state index is -0.833. The molecule has 2 aromatic carbocycles. The summed E-state index contributed by atoms with van der Waals surface area (Å²) >= 11 is 0. The van der Waals surface area contributed by atoms with E-state index in [1.54, 1.807) is 20.8 Å². The van der Waals surface area contributed by atoms with E-state index < -0.39 is 17.7 Å². The number of hydroxylamine groups is 2. The van der Waals surface area contributed by atoms with Gasteiger partial charge in [-0.3, -0.25) is 9.63 Å². The molecule has 2 rings (SSSR count). The zero-order chi connectivity index (χ0) is 22.1. The third-order valence-corrected chi connectivity index (χ3v) is 4.18. The lowest BCUT2D eigenvalue weighted by molar-refractivity contribution is -0.171. The first-order valence-electron chi connectivity index (χ1n) is 9.75. The largest absolute Gasteiger partial charge is 0.489 e. The molecule has 2 amide bonds. The van der Waals surface area contributed by atoms with Crippen LogP contribution in [0.4, 0.5) is 4.79 Å². The molecule has 0 aromatic heterocycles. The Balaban J connectivity index is 2.03. The van der Waals surface area contributed by atoms with E-state index in [0.29, 0.717) is 6.61 Å².